The molecule has 2 aromatic rings. The number of nitrogens with zero attached hydrogens (tertiary/aromatic N) is 1. The van der Waals surface area contributed by atoms with Gasteiger partial charge in [0.25, 0.3) is 5.56 Å². The van der Waals surface area contributed by atoms with Gasteiger partial charge >= 0.3 is 0 Å². The van der Waals surface area contributed by atoms with E-state index in [0.29, 0.717) is 12.1 Å². The number of hydrogen-bond acceptors (Lipinski definition) is 2. The Morgan fingerprint density at radius 1 is 1.32 bits per heavy atom. The highest BCUT2D eigenvalue weighted by Gasteiger charge is 2.06. The number of benzene rings is 1. The molecule has 4 nitrogen and oxygen atoms in total. The molecule has 0 radical (unpaired) electrons. The number of amides is 1. The molecule has 0 saturated carbocycles. The van der Waals surface area contributed by atoms with Gasteiger partial charge in [0.1, 0.15) is 0 Å². The molecule has 0 fully saturated rings. The van der Waals surface area contributed by atoms with Crippen LogP contribution in [-0.4, -0.2) is 10.5 Å². The number of pyridine rings is 1. The van der Waals surface area contributed by atoms with Gasteiger partial charge in [0.15, 0.2) is 0 Å². The zero-order valence-corrected chi connectivity index (χ0v) is 12.0. The van der Waals surface area contributed by atoms with E-state index in [-0.39, 0.29) is 5.56 Å². The van der Waals surface area contributed by atoms with Crippen molar-refractivity contribution in [3.8, 4) is 0 Å². The maximum Gasteiger partial charge on any atom is 0.250 e. The molecule has 0 aliphatic rings. The molecule has 0 aliphatic carbocycles. The lowest BCUT2D eigenvalue weighted by Gasteiger charge is -2.10. The van der Waals surface area contributed by atoms with Crippen LogP contribution in [-0.2, 0) is 6.54 Å². The molecule has 0 spiro atoms. The molecule has 0 bridgehead atoms. The summed E-state index contributed by atoms with van der Waals surface area (Å²) >= 11 is 3.34. The SMILES string of the molecule is Cc1cc(C(N)=O)ccc1Cn1cc(Br)ccc1=O. The summed E-state index contributed by atoms with van der Waals surface area (Å²) in [7, 11) is 0. The van der Waals surface area contributed by atoms with E-state index >= 15 is 0 Å². The summed E-state index contributed by atoms with van der Waals surface area (Å²) in [5, 5.41) is 0. The summed E-state index contributed by atoms with van der Waals surface area (Å²) in [5.41, 5.74) is 7.55. The van der Waals surface area contributed by atoms with Crippen molar-refractivity contribution in [2.24, 2.45) is 5.73 Å². The summed E-state index contributed by atoms with van der Waals surface area (Å²) in [4.78, 5) is 22.8. The molecule has 1 heterocycles. The van der Waals surface area contributed by atoms with E-state index in [9.17, 15) is 9.59 Å². The zero-order valence-electron chi connectivity index (χ0n) is 10.4. The quantitative estimate of drug-likeness (QED) is 0.940. The molecular weight excluding hydrogens is 308 g/mol. The number of hydrogen-bond donors (Lipinski definition) is 1. The molecular formula is C14H13BrN2O2. The van der Waals surface area contributed by atoms with Gasteiger partial charge in [0.2, 0.25) is 5.91 Å². The summed E-state index contributed by atoms with van der Waals surface area (Å²) in [6, 6.07) is 8.45. The Morgan fingerprint density at radius 2 is 2.05 bits per heavy atom. The van der Waals surface area contributed by atoms with Gasteiger partial charge in [-0.2, -0.15) is 0 Å². The van der Waals surface area contributed by atoms with Crippen LogP contribution in [0, 0.1) is 6.92 Å². The number of aromatic nitrogens is 1. The third kappa shape index (κ3) is 3.12. The molecule has 1 amide bonds. The Bertz CT molecular complexity index is 692. The van der Waals surface area contributed by atoms with E-state index in [2.05, 4.69) is 15.9 Å². The van der Waals surface area contributed by atoms with Crippen molar-refractivity contribution in [3.05, 3.63) is 68.0 Å². The van der Waals surface area contributed by atoms with Gasteiger partial charge < -0.3 is 10.3 Å². The predicted molar refractivity (Wildman–Crippen MR) is 77.2 cm³/mol. The van der Waals surface area contributed by atoms with Gasteiger partial charge in [-0.3, -0.25) is 9.59 Å². The van der Waals surface area contributed by atoms with Crippen LogP contribution in [0.5, 0.6) is 0 Å². The fraction of sp³-hybridized carbons (Fsp3) is 0.143. The van der Waals surface area contributed by atoms with Gasteiger partial charge in [-0.1, -0.05) is 6.07 Å². The zero-order chi connectivity index (χ0) is 14.0. The second-order valence-corrected chi connectivity index (χ2v) is 5.23. The average Bonchev–Trinajstić information content (AvgIpc) is 2.36. The molecule has 0 saturated heterocycles. The van der Waals surface area contributed by atoms with Crippen molar-refractivity contribution in [2.45, 2.75) is 13.5 Å². The molecule has 98 valence electrons. The Kier molecular flexibility index (Phi) is 3.85. The summed E-state index contributed by atoms with van der Waals surface area (Å²) in [6.07, 6.45) is 1.74. The number of halogens is 1. The lowest BCUT2D eigenvalue weighted by atomic mass is 10.0. The first kappa shape index (κ1) is 13.5. The van der Waals surface area contributed by atoms with E-state index in [1.54, 1.807) is 29.0 Å². The van der Waals surface area contributed by atoms with Crippen molar-refractivity contribution in [1.29, 1.82) is 0 Å². The molecule has 1 aromatic carbocycles. The lowest BCUT2D eigenvalue weighted by molar-refractivity contribution is 0.1000. The first-order valence-electron chi connectivity index (χ1n) is 5.72. The molecule has 0 unspecified atom stereocenters. The third-order valence-electron chi connectivity index (χ3n) is 2.92. The van der Waals surface area contributed by atoms with Crippen molar-refractivity contribution in [2.75, 3.05) is 0 Å². The van der Waals surface area contributed by atoms with Crippen molar-refractivity contribution >= 4 is 21.8 Å². The Morgan fingerprint density at radius 3 is 2.68 bits per heavy atom. The standard InChI is InChI=1S/C14H13BrN2O2/c1-9-6-10(14(16)19)2-3-11(9)7-17-8-12(15)4-5-13(17)18/h2-6,8H,7H2,1H3,(H2,16,19). The minimum atomic E-state index is -0.450. The van der Waals surface area contributed by atoms with Gasteiger partial charge in [-0.25, -0.2) is 0 Å². The highest BCUT2D eigenvalue weighted by atomic mass is 79.9. The smallest absolute Gasteiger partial charge is 0.250 e. The molecule has 2 rings (SSSR count). The van der Waals surface area contributed by atoms with Crippen LogP contribution >= 0.6 is 15.9 Å². The second kappa shape index (κ2) is 5.40. The van der Waals surface area contributed by atoms with Gasteiger partial charge in [0, 0.05) is 22.3 Å². The number of aryl methyl sites for hydroxylation is 1. The van der Waals surface area contributed by atoms with E-state index in [4.69, 9.17) is 5.73 Å². The summed E-state index contributed by atoms with van der Waals surface area (Å²) < 4.78 is 2.45. The molecule has 0 aliphatic heterocycles. The van der Waals surface area contributed by atoms with E-state index in [1.807, 2.05) is 13.0 Å². The topological polar surface area (TPSA) is 65.1 Å². The van der Waals surface area contributed by atoms with Crippen LogP contribution in [0.25, 0.3) is 0 Å². The monoisotopic (exact) mass is 320 g/mol. The highest BCUT2D eigenvalue weighted by molar-refractivity contribution is 9.10. The number of nitrogens with two attached hydrogens (primary N) is 1. The largest absolute Gasteiger partial charge is 0.366 e. The van der Waals surface area contributed by atoms with Crippen LogP contribution in [0.2, 0.25) is 0 Å². The second-order valence-electron chi connectivity index (χ2n) is 4.32. The molecule has 2 N–H and O–H groups in total. The first-order valence-corrected chi connectivity index (χ1v) is 6.52. The Labute approximate surface area is 119 Å². The van der Waals surface area contributed by atoms with Crippen LogP contribution in [0.1, 0.15) is 21.5 Å². The molecule has 0 atom stereocenters. The number of rotatable bonds is 3. The minimum absolute atomic E-state index is 0.0680. The van der Waals surface area contributed by atoms with E-state index in [0.717, 1.165) is 15.6 Å². The molecule has 19 heavy (non-hydrogen) atoms. The fourth-order valence-corrected chi connectivity index (χ4v) is 2.22. The van der Waals surface area contributed by atoms with Crippen LogP contribution < -0.4 is 11.3 Å². The van der Waals surface area contributed by atoms with Crippen molar-refractivity contribution < 1.29 is 4.79 Å². The van der Waals surface area contributed by atoms with Crippen LogP contribution in [0.15, 0.2) is 45.8 Å². The highest BCUT2D eigenvalue weighted by Crippen LogP contribution is 2.13. The van der Waals surface area contributed by atoms with E-state index < -0.39 is 5.91 Å². The van der Waals surface area contributed by atoms with Gasteiger partial charge in [-0.05, 0) is 52.2 Å². The Hall–Kier alpha value is -1.88. The molecule has 5 heteroatoms. The maximum atomic E-state index is 11.7. The van der Waals surface area contributed by atoms with Crippen molar-refractivity contribution in [3.63, 3.8) is 0 Å². The first-order chi connectivity index (χ1) is 8.97. The normalized spacial score (nSPS) is 10.4. The number of carbonyl (C=O) groups excluding carboxylic acids is 1. The fourth-order valence-electron chi connectivity index (χ4n) is 1.84. The Balaban J connectivity index is 2.36. The third-order valence-corrected chi connectivity index (χ3v) is 3.38. The summed E-state index contributed by atoms with van der Waals surface area (Å²) in [6.45, 7) is 2.36. The minimum Gasteiger partial charge on any atom is -0.366 e. The maximum absolute atomic E-state index is 11.7. The average molecular weight is 321 g/mol. The van der Waals surface area contributed by atoms with E-state index in [1.165, 1.54) is 6.07 Å². The van der Waals surface area contributed by atoms with Crippen LogP contribution in [0.3, 0.4) is 0 Å². The van der Waals surface area contributed by atoms with Crippen molar-refractivity contribution in [1.82, 2.24) is 4.57 Å². The predicted octanol–water partition coefficient (Wildman–Crippen LogP) is 2.07. The lowest BCUT2D eigenvalue weighted by Crippen LogP contribution is -2.19. The van der Waals surface area contributed by atoms with Gasteiger partial charge in [0.05, 0.1) is 6.54 Å². The molecule has 1 aromatic heterocycles. The number of carbonyl (C=O) groups is 1. The summed E-state index contributed by atoms with van der Waals surface area (Å²) in [5.74, 6) is -0.450. The van der Waals surface area contributed by atoms with Crippen LogP contribution in [0.4, 0.5) is 0 Å². The van der Waals surface area contributed by atoms with Gasteiger partial charge in [-0.15, -0.1) is 0 Å². The number of primary amides is 1.